The minimum absolute atomic E-state index is 0.769. The van der Waals surface area contributed by atoms with E-state index in [1.807, 2.05) is 0 Å². The predicted molar refractivity (Wildman–Crippen MR) is 38.0 cm³/mol. The molecule has 0 rings (SSSR count). The largest absolute Gasteiger partial charge is 0.479 e. The Morgan fingerprint density at radius 3 is 2.00 bits per heavy atom. The maximum Gasteiger partial charge on any atom is 0.336 e. The smallest absolute Gasteiger partial charge is 0.336 e. The Hall–Kier alpha value is -0.620. The minimum Gasteiger partial charge on any atom is -0.479 e. The number of rotatable bonds is 3. The number of carboxylic acids is 1. The Kier molecular flexibility index (Phi) is 2.63. The number of aliphatic carboxylic acids is 1. The first-order valence-electron chi connectivity index (χ1n) is 2.79. The zero-order chi connectivity index (χ0) is 9.28. The van der Waals surface area contributed by atoms with Gasteiger partial charge in [0.05, 0.1) is 5.75 Å². The number of aliphatic hydroxyl groups is 1. The van der Waals surface area contributed by atoms with Gasteiger partial charge in [0.2, 0.25) is 0 Å². The van der Waals surface area contributed by atoms with E-state index in [1.165, 1.54) is 0 Å². The maximum atomic E-state index is 10.5. The van der Waals surface area contributed by atoms with Crippen molar-refractivity contribution < 1.29 is 23.4 Å². The summed E-state index contributed by atoms with van der Waals surface area (Å²) in [5, 5.41) is 17.2. The molecule has 0 fully saturated rings. The Bertz CT molecular complexity index is 250. The second kappa shape index (κ2) is 2.78. The average molecular weight is 182 g/mol. The van der Waals surface area contributed by atoms with Gasteiger partial charge in [-0.05, 0) is 6.92 Å². The lowest BCUT2D eigenvalue weighted by atomic mass is 10.1. The summed E-state index contributed by atoms with van der Waals surface area (Å²) in [5.41, 5.74) is -2.19. The minimum atomic E-state index is -3.46. The van der Waals surface area contributed by atoms with Crippen LogP contribution < -0.4 is 0 Å². The highest BCUT2D eigenvalue weighted by molar-refractivity contribution is 7.90. The third-order valence-corrected chi connectivity index (χ3v) is 2.09. The van der Waals surface area contributed by atoms with Crippen LogP contribution in [0.1, 0.15) is 6.92 Å². The molecule has 2 N–H and O–H groups in total. The van der Waals surface area contributed by atoms with Crippen molar-refractivity contribution in [3.05, 3.63) is 0 Å². The molecule has 0 spiro atoms. The van der Waals surface area contributed by atoms with Crippen LogP contribution in [0.4, 0.5) is 0 Å². The van der Waals surface area contributed by atoms with Gasteiger partial charge >= 0.3 is 5.97 Å². The molecule has 0 radical (unpaired) electrons. The highest BCUT2D eigenvalue weighted by Gasteiger charge is 2.33. The fraction of sp³-hybridized carbons (Fsp3) is 0.800. The fourth-order valence-electron chi connectivity index (χ4n) is 0.572. The Morgan fingerprint density at radius 2 is 1.91 bits per heavy atom. The molecular formula is C5H10O5S. The lowest BCUT2D eigenvalue weighted by molar-refractivity contribution is -0.154. The van der Waals surface area contributed by atoms with Gasteiger partial charge < -0.3 is 10.2 Å². The molecule has 5 nitrogen and oxygen atoms in total. The fourth-order valence-corrected chi connectivity index (χ4v) is 1.72. The van der Waals surface area contributed by atoms with Crippen molar-refractivity contribution in [2.45, 2.75) is 12.5 Å². The molecule has 0 aromatic rings. The van der Waals surface area contributed by atoms with Crippen LogP contribution in [0.5, 0.6) is 0 Å². The van der Waals surface area contributed by atoms with Crippen LogP contribution >= 0.6 is 0 Å². The van der Waals surface area contributed by atoms with Crippen LogP contribution in [-0.2, 0) is 14.6 Å². The van der Waals surface area contributed by atoms with E-state index in [-0.39, 0.29) is 0 Å². The van der Waals surface area contributed by atoms with Crippen LogP contribution in [-0.4, -0.2) is 42.2 Å². The van der Waals surface area contributed by atoms with Crippen molar-refractivity contribution >= 4 is 15.8 Å². The van der Waals surface area contributed by atoms with Crippen molar-refractivity contribution in [2.24, 2.45) is 0 Å². The average Bonchev–Trinajstić information content (AvgIpc) is 1.56. The molecule has 0 aliphatic heterocycles. The van der Waals surface area contributed by atoms with Gasteiger partial charge in [-0.15, -0.1) is 0 Å². The van der Waals surface area contributed by atoms with Crippen molar-refractivity contribution in [3.63, 3.8) is 0 Å². The molecule has 0 saturated heterocycles. The first-order chi connectivity index (χ1) is 4.65. The van der Waals surface area contributed by atoms with Gasteiger partial charge in [0.15, 0.2) is 15.4 Å². The summed E-state index contributed by atoms with van der Waals surface area (Å²) in [4.78, 5) is 10.2. The van der Waals surface area contributed by atoms with Gasteiger partial charge in [-0.1, -0.05) is 0 Å². The van der Waals surface area contributed by atoms with E-state index in [0.717, 1.165) is 13.2 Å². The molecule has 0 amide bonds. The molecular weight excluding hydrogens is 172 g/mol. The van der Waals surface area contributed by atoms with E-state index >= 15 is 0 Å². The molecule has 0 aliphatic rings. The third-order valence-electron chi connectivity index (χ3n) is 1.00. The van der Waals surface area contributed by atoms with E-state index in [0.29, 0.717) is 0 Å². The standard InChI is InChI=1S/C5H10O5S/c1-5(8,4(6)7)3-11(2,9)10/h8H,3H2,1-2H3,(H,6,7). The molecule has 0 aromatic carbocycles. The number of hydrogen-bond acceptors (Lipinski definition) is 4. The van der Waals surface area contributed by atoms with Crippen LogP contribution in [0, 0.1) is 0 Å². The summed E-state index contributed by atoms with van der Waals surface area (Å²) in [6.45, 7) is 0.941. The second-order valence-corrected chi connectivity index (χ2v) is 4.79. The van der Waals surface area contributed by atoms with E-state index < -0.39 is 27.2 Å². The molecule has 0 aromatic heterocycles. The van der Waals surface area contributed by atoms with Crippen LogP contribution in [0.25, 0.3) is 0 Å². The first-order valence-corrected chi connectivity index (χ1v) is 4.85. The van der Waals surface area contributed by atoms with Crippen molar-refractivity contribution in [1.82, 2.24) is 0 Å². The highest BCUT2D eigenvalue weighted by atomic mass is 32.2. The predicted octanol–water partition coefficient (Wildman–Crippen LogP) is -1.13. The lowest BCUT2D eigenvalue weighted by Crippen LogP contribution is -2.41. The highest BCUT2D eigenvalue weighted by Crippen LogP contribution is 2.06. The normalized spacial score (nSPS) is 17.4. The molecule has 11 heavy (non-hydrogen) atoms. The summed E-state index contributed by atoms with van der Waals surface area (Å²) in [7, 11) is -3.46. The molecule has 6 heteroatoms. The maximum absolute atomic E-state index is 10.5. The molecule has 1 atom stereocenters. The van der Waals surface area contributed by atoms with Crippen molar-refractivity contribution in [1.29, 1.82) is 0 Å². The lowest BCUT2D eigenvalue weighted by Gasteiger charge is -2.15. The van der Waals surface area contributed by atoms with E-state index in [4.69, 9.17) is 10.2 Å². The summed E-state index contributed by atoms with van der Waals surface area (Å²) in [6, 6.07) is 0. The molecule has 0 saturated carbocycles. The number of hydrogen-bond donors (Lipinski definition) is 2. The number of carbonyl (C=O) groups is 1. The second-order valence-electron chi connectivity index (χ2n) is 2.65. The quantitative estimate of drug-likeness (QED) is 0.576. The first kappa shape index (κ1) is 10.4. The summed E-state index contributed by atoms with van der Waals surface area (Å²) in [6.07, 6.45) is 0.865. The van der Waals surface area contributed by atoms with Crippen molar-refractivity contribution in [3.8, 4) is 0 Å². The van der Waals surface area contributed by atoms with Crippen LogP contribution in [0.2, 0.25) is 0 Å². The summed E-state index contributed by atoms with van der Waals surface area (Å²) in [5.74, 6) is -2.31. The SMILES string of the molecule is CC(O)(CS(C)(=O)=O)C(=O)O. The van der Waals surface area contributed by atoms with Gasteiger partial charge in [-0.2, -0.15) is 0 Å². The Balaban J connectivity index is 4.51. The topological polar surface area (TPSA) is 91.7 Å². The molecule has 66 valence electrons. The van der Waals surface area contributed by atoms with E-state index in [2.05, 4.69) is 0 Å². The Morgan fingerprint density at radius 1 is 1.55 bits per heavy atom. The van der Waals surface area contributed by atoms with Gasteiger partial charge in [0.25, 0.3) is 0 Å². The van der Waals surface area contributed by atoms with Crippen LogP contribution in [0.15, 0.2) is 0 Å². The molecule has 0 aliphatic carbocycles. The molecule has 0 heterocycles. The van der Waals surface area contributed by atoms with Crippen molar-refractivity contribution in [2.75, 3.05) is 12.0 Å². The number of carboxylic acid groups (broad SMARTS) is 1. The van der Waals surface area contributed by atoms with Gasteiger partial charge in [-0.25, -0.2) is 13.2 Å². The zero-order valence-electron chi connectivity index (χ0n) is 6.23. The summed E-state index contributed by atoms with van der Waals surface area (Å²) < 4.78 is 21.1. The van der Waals surface area contributed by atoms with E-state index in [9.17, 15) is 13.2 Å². The third kappa shape index (κ3) is 3.94. The zero-order valence-corrected chi connectivity index (χ0v) is 7.05. The van der Waals surface area contributed by atoms with Gasteiger partial charge in [-0.3, -0.25) is 0 Å². The Labute approximate surface area is 64.6 Å². The van der Waals surface area contributed by atoms with Gasteiger partial charge in [0, 0.05) is 6.26 Å². The molecule has 0 bridgehead atoms. The van der Waals surface area contributed by atoms with E-state index in [1.54, 1.807) is 0 Å². The van der Waals surface area contributed by atoms with Crippen LogP contribution in [0.3, 0.4) is 0 Å². The van der Waals surface area contributed by atoms with Gasteiger partial charge in [0.1, 0.15) is 0 Å². The number of sulfone groups is 1. The monoisotopic (exact) mass is 182 g/mol. The molecule has 1 unspecified atom stereocenters. The summed E-state index contributed by atoms with van der Waals surface area (Å²) >= 11 is 0.